The summed E-state index contributed by atoms with van der Waals surface area (Å²) >= 11 is 0. The van der Waals surface area contributed by atoms with E-state index in [0.29, 0.717) is 16.8 Å². The Hall–Kier alpha value is -3.74. The molecule has 1 aliphatic rings. The number of hydrogen-bond donors (Lipinski definition) is 2. The first-order valence-corrected chi connectivity index (χ1v) is 7.73. The van der Waals surface area contributed by atoms with Crippen molar-refractivity contribution in [3.05, 3.63) is 81.9 Å². The van der Waals surface area contributed by atoms with Crippen molar-refractivity contribution in [3.8, 4) is 16.8 Å². The van der Waals surface area contributed by atoms with Gasteiger partial charge in [0.05, 0.1) is 16.8 Å². The summed E-state index contributed by atoms with van der Waals surface area (Å²) in [5, 5.41) is 2.12. The Labute approximate surface area is 146 Å². The Morgan fingerprint density at radius 2 is 1.58 bits per heavy atom. The van der Waals surface area contributed by atoms with Gasteiger partial charge >= 0.3 is 0 Å². The van der Waals surface area contributed by atoms with Crippen LogP contribution in [-0.2, 0) is 0 Å². The van der Waals surface area contributed by atoms with E-state index in [2.05, 4.69) is 5.32 Å². The number of anilines is 1. The second-order valence-electron chi connectivity index (χ2n) is 5.84. The van der Waals surface area contributed by atoms with E-state index in [1.807, 2.05) is 0 Å². The number of carbonyl (C=O) groups excluding carboxylic acids is 2. The molecule has 0 atom stereocenters. The normalized spacial score (nSPS) is 12.8. The first-order chi connectivity index (χ1) is 12.5. The van der Waals surface area contributed by atoms with E-state index >= 15 is 0 Å². The number of amides is 2. The predicted molar refractivity (Wildman–Crippen MR) is 93.6 cm³/mol. The highest BCUT2D eigenvalue weighted by Gasteiger charge is 2.31. The van der Waals surface area contributed by atoms with Crippen LogP contribution in [0.5, 0.6) is 0 Å². The molecule has 0 spiro atoms. The van der Waals surface area contributed by atoms with Crippen LogP contribution in [0.25, 0.3) is 16.8 Å². The molecular weight excluding hydrogens is 337 g/mol. The van der Waals surface area contributed by atoms with Crippen molar-refractivity contribution in [1.82, 2.24) is 9.88 Å². The number of rotatable bonds is 2. The summed E-state index contributed by atoms with van der Waals surface area (Å²) < 4.78 is 14.6. The van der Waals surface area contributed by atoms with Crippen LogP contribution in [0.1, 0.15) is 20.7 Å². The number of nitrogens with two attached hydrogens (primary N) is 1. The van der Waals surface area contributed by atoms with Crippen molar-refractivity contribution in [2.75, 3.05) is 5.73 Å². The molecule has 0 fully saturated rings. The molecule has 0 saturated carbocycles. The highest BCUT2D eigenvalue weighted by molar-refractivity contribution is 6.23. The highest BCUT2D eigenvalue weighted by Crippen LogP contribution is 2.26. The van der Waals surface area contributed by atoms with E-state index in [1.54, 1.807) is 36.4 Å². The van der Waals surface area contributed by atoms with Gasteiger partial charge in [-0.15, -0.1) is 0 Å². The fourth-order valence-electron chi connectivity index (χ4n) is 3.04. The number of pyridine rings is 1. The SMILES string of the molecule is Nc1c2c(cc(=O)n1-c1cccc(-c3cccc(F)c3)c1)C(=O)NC2=O. The monoisotopic (exact) mass is 349 g/mol. The molecule has 2 heterocycles. The van der Waals surface area contributed by atoms with E-state index in [1.165, 1.54) is 12.1 Å². The minimum Gasteiger partial charge on any atom is -0.384 e. The standard InChI is InChI=1S/C19H12FN3O3/c20-12-5-1-3-10(7-12)11-4-2-6-13(8-11)23-15(24)9-14-16(17(23)21)19(26)22-18(14)25/h1-9H,21H2,(H,22,25,26). The molecule has 3 N–H and O–H groups in total. The average molecular weight is 349 g/mol. The first kappa shape index (κ1) is 15.8. The van der Waals surface area contributed by atoms with Crippen molar-refractivity contribution in [1.29, 1.82) is 0 Å². The van der Waals surface area contributed by atoms with Crippen LogP contribution in [0.4, 0.5) is 10.2 Å². The summed E-state index contributed by atoms with van der Waals surface area (Å²) in [7, 11) is 0. The largest absolute Gasteiger partial charge is 0.384 e. The van der Waals surface area contributed by atoms with E-state index in [4.69, 9.17) is 5.73 Å². The number of nitrogen functional groups attached to an aromatic ring is 1. The van der Waals surface area contributed by atoms with Gasteiger partial charge in [0, 0.05) is 6.07 Å². The minimum atomic E-state index is -0.644. The molecule has 4 rings (SSSR count). The van der Waals surface area contributed by atoms with E-state index in [0.717, 1.165) is 10.6 Å². The summed E-state index contributed by atoms with van der Waals surface area (Å²) in [6.07, 6.45) is 0. The summed E-state index contributed by atoms with van der Waals surface area (Å²) in [5.74, 6) is -1.78. The van der Waals surface area contributed by atoms with Gasteiger partial charge in [0.2, 0.25) is 0 Å². The Balaban J connectivity index is 1.91. The average Bonchev–Trinajstić information content (AvgIpc) is 2.89. The molecule has 2 amide bonds. The van der Waals surface area contributed by atoms with Crippen LogP contribution in [0.3, 0.4) is 0 Å². The molecule has 0 unspecified atom stereocenters. The van der Waals surface area contributed by atoms with Crippen molar-refractivity contribution < 1.29 is 14.0 Å². The lowest BCUT2D eigenvalue weighted by molar-refractivity contribution is 0.0880. The fraction of sp³-hybridized carbons (Fsp3) is 0. The molecule has 2 aromatic carbocycles. The van der Waals surface area contributed by atoms with Gasteiger partial charge in [-0.25, -0.2) is 4.39 Å². The second-order valence-corrected chi connectivity index (χ2v) is 5.84. The zero-order valence-electron chi connectivity index (χ0n) is 13.3. The van der Waals surface area contributed by atoms with E-state index in [9.17, 15) is 18.8 Å². The maximum atomic E-state index is 13.5. The van der Waals surface area contributed by atoms with Crippen LogP contribution in [0, 0.1) is 5.82 Å². The maximum absolute atomic E-state index is 13.5. The van der Waals surface area contributed by atoms with Gasteiger partial charge in [0.15, 0.2) is 0 Å². The van der Waals surface area contributed by atoms with Gasteiger partial charge < -0.3 is 5.73 Å². The lowest BCUT2D eigenvalue weighted by Crippen LogP contribution is -2.24. The second kappa shape index (κ2) is 5.66. The third-order valence-electron chi connectivity index (χ3n) is 4.22. The molecule has 7 heteroatoms. The molecule has 1 aliphatic heterocycles. The Morgan fingerprint density at radius 3 is 2.31 bits per heavy atom. The van der Waals surface area contributed by atoms with Crippen molar-refractivity contribution in [3.63, 3.8) is 0 Å². The van der Waals surface area contributed by atoms with Crippen LogP contribution in [0.15, 0.2) is 59.4 Å². The van der Waals surface area contributed by atoms with Gasteiger partial charge in [0.1, 0.15) is 11.6 Å². The van der Waals surface area contributed by atoms with Crippen LogP contribution < -0.4 is 16.6 Å². The Kier molecular flexibility index (Phi) is 3.43. The topological polar surface area (TPSA) is 94.2 Å². The molecule has 3 aromatic rings. The molecule has 6 nitrogen and oxygen atoms in total. The number of imide groups is 1. The predicted octanol–water partition coefficient (Wildman–Crippen LogP) is 2.11. The van der Waals surface area contributed by atoms with E-state index < -0.39 is 17.4 Å². The molecule has 0 saturated heterocycles. The Morgan fingerprint density at radius 1 is 0.885 bits per heavy atom. The molecule has 0 radical (unpaired) electrons. The highest BCUT2D eigenvalue weighted by atomic mass is 19.1. The fourth-order valence-corrected chi connectivity index (χ4v) is 3.04. The Bertz CT molecular complexity index is 1150. The minimum absolute atomic E-state index is 0.0224. The van der Waals surface area contributed by atoms with Gasteiger partial charge in [-0.3, -0.25) is 24.3 Å². The number of hydrogen-bond acceptors (Lipinski definition) is 4. The van der Waals surface area contributed by atoms with Gasteiger partial charge in [-0.05, 0) is 35.4 Å². The summed E-state index contributed by atoms with van der Waals surface area (Å²) in [4.78, 5) is 36.2. The number of halogens is 1. The lowest BCUT2D eigenvalue weighted by Gasteiger charge is -2.13. The third-order valence-corrected chi connectivity index (χ3v) is 4.22. The number of nitrogens with one attached hydrogen (secondary N) is 1. The van der Waals surface area contributed by atoms with Gasteiger partial charge in [0.25, 0.3) is 17.4 Å². The molecule has 1 aromatic heterocycles. The maximum Gasteiger partial charge on any atom is 0.262 e. The van der Waals surface area contributed by atoms with Crippen molar-refractivity contribution in [2.45, 2.75) is 0 Å². The molecule has 26 heavy (non-hydrogen) atoms. The number of nitrogens with zero attached hydrogens (tertiary/aromatic N) is 1. The summed E-state index contributed by atoms with van der Waals surface area (Å²) in [6, 6.07) is 13.9. The number of fused-ring (bicyclic) bond motifs is 1. The molecule has 0 aliphatic carbocycles. The quantitative estimate of drug-likeness (QED) is 0.693. The van der Waals surface area contributed by atoms with E-state index in [-0.39, 0.29) is 22.8 Å². The summed E-state index contributed by atoms with van der Waals surface area (Å²) in [5.41, 5.74) is 7.14. The van der Waals surface area contributed by atoms with Crippen molar-refractivity contribution in [2.24, 2.45) is 0 Å². The van der Waals surface area contributed by atoms with Crippen molar-refractivity contribution >= 4 is 17.6 Å². The van der Waals surface area contributed by atoms with Crippen LogP contribution in [-0.4, -0.2) is 16.4 Å². The third kappa shape index (κ3) is 2.37. The van der Waals surface area contributed by atoms with Crippen LogP contribution in [0.2, 0.25) is 0 Å². The summed E-state index contributed by atoms with van der Waals surface area (Å²) in [6.45, 7) is 0. The smallest absolute Gasteiger partial charge is 0.262 e. The zero-order chi connectivity index (χ0) is 18.4. The number of carbonyl (C=O) groups is 2. The van der Waals surface area contributed by atoms with Gasteiger partial charge in [-0.2, -0.15) is 0 Å². The number of benzene rings is 2. The lowest BCUT2D eigenvalue weighted by atomic mass is 10.0. The molecule has 0 bridgehead atoms. The van der Waals surface area contributed by atoms with Gasteiger partial charge in [-0.1, -0.05) is 24.3 Å². The number of aromatic nitrogens is 1. The molecule has 128 valence electrons. The first-order valence-electron chi connectivity index (χ1n) is 7.73. The zero-order valence-corrected chi connectivity index (χ0v) is 13.3. The molecular formula is C19H12FN3O3. The van der Waals surface area contributed by atoms with Crippen LogP contribution >= 0.6 is 0 Å².